The number of nitrogens with one attached hydrogen (secondary N) is 1. The van der Waals surface area contributed by atoms with E-state index in [1.54, 1.807) is 48.5 Å². The van der Waals surface area contributed by atoms with Gasteiger partial charge in [0.25, 0.3) is 5.91 Å². The molecule has 0 spiro atoms. The minimum Gasteiger partial charge on any atom is -0.494 e. The number of benzene rings is 2. The topological polar surface area (TPSA) is 78.9 Å². The predicted octanol–water partition coefficient (Wildman–Crippen LogP) is 3.83. The first-order chi connectivity index (χ1) is 15.4. The molecule has 0 unspecified atom stereocenters. The van der Waals surface area contributed by atoms with Gasteiger partial charge in [-0.3, -0.25) is 4.79 Å². The van der Waals surface area contributed by atoms with E-state index in [1.807, 2.05) is 7.05 Å². The van der Waals surface area contributed by atoms with Crippen LogP contribution in [0.15, 0.2) is 53.4 Å². The summed E-state index contributed by atoms with van der Waals surface area (Å²) in [6, 6.07) is 13.4. The third kappa shape index (κ3) is 6.54. The van der Waals surface area contributed by atoms with Gasteiger partial charge in [0, 0.05) is 37.4 Å². The second-order valence-corrected chi connectivity index (χ2v) is 10.1. The molecule has 1 amide bonds. The highest BCUT2D eigenvalue weighted by Crippen LogP contribution is 2.20. The Labute approximate surface area is 191 Å². The zero-order chi connectivity index (χ0) is 23.0. The zero-order valence-corrected chi connectivity index (χ0v) is 19.7. The van der Waals surface area contributed by atoms with Gasteiger partial charge in [0.05, 0.1) is 11.5 Å². The molecule has 1 saturated heterocycles. The molecule has 1 N–H and O–H groups in total. The Morgan fingerprint density at radius 3 is 2.22 bits per heavy atom. The quantitative estimate of drug-likeness (QED) is 0.546. The maximum Gasteiger partial charge on any atom is 0.255 e. The van der Waals surface area contributed by atoms with Crippen molar-refractivity contribution in [3.8, 4) is 5.75 Å². The molecule has 2 aromatic rings. The fraction of sp³-hybridized carbons (Fsp3) is 0.458. The van der Waals surface area contributed by atoms with Crippen LogP contribution in [0.4, 0.5) is 5.69 Å². The van der Waals surface area contributed by atoms with Crippen LogP contribution in [0.2, 0.25) is 0 Å². The van der Waals surface area contributed by atoms with Crippen molar-refractivity contribution < 1.29 is 17.9 Å². The van der Waals surface area contributed by atoms with E-state index >= 15 is 0 Å². The molecule has 174 valence electrons. The predicted molar refractivity (Wildman–Crippen MR) is 127 cm³/mol. The molecule has 1 aliphatic heterocycles. The highest BCUT2D eigenvalue weighted by Gasteiger charge is 2.27. The summed E-state index contributed by atoms with van der Waals surface area (Å²) in [6.07, 6.45) is 4.59. The number of amides is 1. The van der Waals surface area contributed by atoms with Crippen LogP contribution >= 0.6 is 0 Å². The molecular formula is C24H33N3O4S. The van der Waals surface area contributed by atoms with Crippen molar-refractivity contribution in [3.05, 3.63) is 54.1 Å². The summed E-state index contributed by atoms with van der Waals surface area (Å²) in [5.41, 5.74) is 1.06. The van der Waals surface area contributed by atoms with Crippen molar-refractivity contribution in [1.82, 2.24) is 9.21 Å². The van der Waals surface area contributed by atoms with E-state index in [0.717, 1.165) is 31.7 Å². The van der Waals surface area contributed by atoms with Gasteiger partial charge in [-0.2, -0.15) is 4.31 Å². The highest BCUT2D eigenvalue weighted by atomic mass is 32.2. The van der Waals surface area contributed by atoms with E-state index in [1.165, 1.54) is 17.1 Å². The number of nitrogens with zero attached hydrogens (tertiary/aromatic N) is 2. The van der Waals surface area contributed by atoms with Gasteiger partial charge in [0.15, 0.2) is 0 Å². The summed E-state index contributed by atoms with van der Waals surface area (Å²) in [7, 11) is -1.54. The van der Waals surface area contributed by atoms with Gasteiger partial charge in [-0.05, 0) is 62.0 Å². The van der Waals surface area contributed by atoms with Gasteiger partial charge in [-0.25, -0.2) is 8.42 Å². The molecule has 0 saturated carbocycles. The number of unbranched alkanes of at least 4 members (excludes halogenated alkanes) is 3. The van der Waals surface area contributed by atoms with Gasteiger partial charge >= 0.3 is 0 Å². The number of hydrogen-bond donors (Lipinski definition) is 1. The number of rotatable bonds is 10. The van der Waals surface area contributed by atoms with Crippen LogP contribution < -0.4 is 10.1 Å². The third-order valence-electron chi connectivity index (χ3n) is 5.60. The number of likely N-dealkylation sites (N-methyl/N-ethyl adjacent to an activating group) is 1. The first-order valence-electron chi connectivity index (χ1n) is 11.2. The smallest absolute Gasteiger partial charge is 0.255 e. The van der Waals surface area contributed by atoms with E-state index in [9.17, 15) is 13.2 Å². The fourth-order valence-corrected chi connectivity index (χ4v) is 4.93. The van der Waals surface area contributed by atoms with Crippen LogP contribution in [0.1, 0.15) is 43.0 Å². The summed E-state index contributed by atoms with van der Waals surface area (Å²) >= 11 is 0. The number of anilines is 1. The molecule has 0 radical (unpaired) electrons. The lowest BCUT2D eigenvalue weighted by Gasteiger charge is -2.31. The van der Waals surface area contributed by atoms with Crippen molar-refractivity contribution in [3.63, 3.8) is 0 Å². The Bertz CT molecular complexity index is 967. The fourth-order valence-electron chi connectivity index (χ4n) is 3.51. The van der Waals surface area contributed by atoms with E-state index in [-0.39, 0.29) is 10.8 Å². The molecule has 32 heavy (non-hydrogen) atoms. The maximum absolute atomic E-state index is 12.8. The van der Waals surface area contributed by atoms with E-state index in [0.29, 0.717) is 30.9 Å². The standard InChI is InChI=1S/C24H33N3O4S/c1-3-4-5-6-19-31-22-11-7-20(8-12-22)24(28)25-21-9-13-23(14-10-21)32(29,30)27-17-15-26(2)16-18-27/h7-14H,3-6,15-19H2,1-2H3,(H,25,28). The summed E-state index contributed by atoms with van der Waals surface area (Å²) < 4.78 is 32.9. The lowest BCUT2D eigenvalue weighted by Crippen LogP contribution is -2.46. The molecule has 0 atom stereocenters. The van der Waals surface area contributed by atoms with Gasteiger partial charge < -0.3 is 15.0 Å². The van der Waals surface area contributed by atoms with E-state index in [4.69, 9.17) is 4.74 Å². The minimum atomic E-state index is -3.52. The van der Waals surface area contributed by atoms with Gasteiger partial charge in [0.1, 0.15) is 5.75 Å². The summed E-state index contributed by atoms with van der Waals surface area (Å²) in [4.78, 5) is 14.9. The first kappa shape index (κ1) is 24.2. The minimum absolute atomic E-state index is 0.237. The van der Waals surface area contributed by atoms with Crippen LogP contribution in [-0.2, 0) is 10.0 Å². The number of carbonyl (C=O) groups excluding carboxylic acids is 1. The van der Waals surface area contributed by atoms with E-state index < -0.39 is 10.0 Å². The normalized spacial score (nSPS) is 15.4. The lowest BCUT2D eigenvalue weighted by atomic mass is 10.2. The first-order valence-corrected chi connectivity index (χ1v) is 12.7. The van der Waals surface area contributed by atoms with Gasteiger partial charge in [-0.15, -0.1) is 0 Å². The Kier molecular flexibility index (Phi) is 8.67. The third-order valence-corrected chi connectivity index (χ3v) is 7.51. The van der Waals surface area contributed by atoms with Crippen LogP contribution in [0.3, 0.4) is 0 Å². The van der Waals surface area contributed by atoms with Crippen LogP contribution in [0.25, 0.3) is 0 Å². The molecule has 1 aliphatic rings. The number of hydrogen-bond acceptors (Lipinski definition) is 5. The number of ether oxygens (including phenoxy) is 1. The van der Waals surface area contributed by atoms with Gasteiger partial charge in [-0.1, -0.05) is 26.2 Å². The van der Waals surface area contributed by atoms with Crippen molar-refractivity contribution in [2.45, 2.75) is 37.5 Å². The Morgan fingerprint density at radius 2 is 1.59 bits per heavy atom. The Morgan fingerprint density at radius 1 is 0.938 bits per heavy atom. The lowest BCUT2D eigenvalue weighted by molar-refractivity contribution is 0.102. The zero-order valence-electron chi connectivity index (χ0n) is 18.9. The highest BCUT2D eigenvalue weighted by molar-refractivity contribution is 7.89. The summed E-state index contributed by atoms with van der Waals surface area (Å²) in [5.74, 6) is 0.491. The molecule has 0 aliphatic carbocycles. The average molecular weight is 460 g/mol. The average Bonchev–Trinajstić information content (AvgIpc) is 2.80. The van der Waals surface area contributed by atoms with Crippen molar-refractivity contribution >= 4 is 21.6 Å². The van der Waals surface area contributed by atoms with Crippen molar-refractivity contribution in [2.75, 3.05) is 45.2 Å². The Balaban J connectivity index is 1.54. The molecule has 1 heterocycles. The summed E-state index contributed by atoms with van der Waals surface area (Å²) in [6.45, 7) is 5.25. The second-order valence-electron chi connectivity index (χ2n) is 8.12. The molecule has 2 aromatic carbocycles. The largest absolute Gasteiger partial charge is 0.494 e. The maximum atomic E-state index is 12.8. The molecule has 0 aromatic heterocycles. The molecule has 3 rings (SSSR count). The molecule has 8 heteroatoms. The van der Waals surface area contributed by atoms with Crippen LogP contribution in [-0.4, -0.2) is 63.4 Å². The second kappa shape index (κ2) is 11.4. The van der Waals surface area contributed by atoms with Crippen LogP contribution in [0.5, 0.6) is 5.75 Å². The number of piperazine rings is 1. The molecule has 1 fully saturated rings. The van der Waals surface area contributed by atoms with Crippen molar-refractivity contribution in [1.29, 1.82) is 0 Å². The monoisotopic (exact) mass is 459 g/mol. The summed E-state index contributed by atoms with van der Waals surface area (Å²) in [5, 5.41) is 2.81. The molecule has 0 bridgehead atoms. The SMILES string of the molecule is CCCCCCOc1ccc(C(=O)Nc2ccc(S(=O)(=O)N3CCN(C)CC3)cc2)cc1. The van der Waals surface area contributed by atoms with E-state index in [2.05, 4.69) is 17.1 Å². The Hall–Kier alpha value is -2.42. The number of carbonyl (C=O) groups is 1. The molecular weight excluding hydrogens is 426 g/mol. The molecule has 7 nitrogen and oxygen atoms in total. The van der Waals surface area contributed by atoms with Crippen LogP contribution in [0, 0.1) is 0 Å². The van der Waals surface area contributed by atoms with Gasteiger partial charge in [0.2, 0.25) is 10.0 Å². The van der Waals surface area contributed by atoms with Crippen molar-refractivity contribution in [2.24, 2.45) is 0 Å². The number of sulfonamides is 1.